The molecule has 1 amide bonds. The summed E-state index contributed by atoms with van der Waals surface area (Å²) in [6.07, 6.45) is 0. The Bertz CT molecular complexity index is 446. The van der Waals surface area contributed by atoms with Crippen LogP contribution in [-0.4, -0.2) is 42.0 Å². The number of hydrogen-bond donors (Lipinski definition) is 2. The first kappa shape index (κ1) is 13.8. The van der Waals surface area contributed by atoms with E-state index in [-0.39, 0.29) is 18.3 Å². The third-order valence-corrected chi connectivity index (χ3v) is 2.47. The summed E-state index contributed by atoms with van der Waals surface area (Å²) in [5, 5.41) is 11.4. The molecule has 1 aromatic carbocycles. The molecule has 0 aliphatic carbocycles. The lowest BCUT2D eigenvalue weighted by Gasteiger charge is -2.20. The van der Waals surface area contributed by atoms with Gasteiger partial charge in [0.05, 0.1) is 13.7 Å². The predicted octanol–water partition coefficient (Wildman–Crippen LogP) is 0.904. The van der Waals surface area contributed by atoms with Gasteiger partial charge in [-0.2, -0.15) is 0 Å². The molecule has 1 aromatic rings. The number of methoxy groups -OCH3 is 1. The zero-order chi connectivity index (χ0) is 13.5. The number of likely N-dealkylation sites (N-methyl/N-ethyl adjacent to an activating group) is 1. The number of nitrogens with zero attached hydrogens (tertiary/aromatic N) is 2. The first-order valence-electron chi connectivity index (χ1n) is 5.52. The maximum Gasteiger partial charge on any atom is 0.254 e. The number of hydrogen-bond acceptors (Lipinski definition) is 4. The second-order valence-corrected chi connectivity index (χ2v) is 3.64. The van der Waals surface area contributed by atoms with Gasteiger partial charge in [-0.1, -0.05) is 11.2 Å². The van der Waals surface area contributed by atoms with E-state index in [1.54, 1.807) is 24.3 Å². The molecule has 6 nitrogen and oxygen atoms in total. The Kier molecular flexibility index (Phi) is 4.98. The molecule has 0 aromatic heterocycles. The van der Waals surface area contributed by atoms with Gasteiger partial charge in [0, 0.05) is 12.1 Å². The van der Waals surface area contributed by atoms with Crippen molar-refractivity contribution in [2.24, 2.45) is 10.9 Å². The molecule has 98 valence electrons. The Labute approximate surface area is 106 Å². The van der Waals surface area contributed by atoms with Crippen molar-refractivity contribution < 1.29 is 14.7 Å². The van der Waals surface area contributed by atoms with Crippen molar-refractivity contribution in [3.63, 3.8) is 0 Å². The first-order valence-corrected chi connectivity index (χ1v) is 5.52. The summed E-state index contributed by atoms with van der Waals surface area (Å²) in [4.78, 5) is 13.6. The van der Waals surface area contributed by atoms with Crippen molar-refractivity contribution in [2.75, 3.05) is 20.2 Å². The average molecular weight is 251 g/mol. The smallest absolute Gasteiger partial charge is 0.254 e. The van der Waals surface area contributed by atoms with E-state index >= 15 is 0 Å². The molecule has 18 heavy (non-hydrogen) atoms. The Morgan fingerprint density at radius 2 is 2.28 bits per heavy atom. The number of carbonyl (C=O) groups is 1. The molecule has 0 heterocycles. The molecular weight excluding hydrogens is 234 g/mol. The van der Waals surface area contributed by atoms with Gasteiger partial charge in [-0.3, -0.25) is 4.79 Å². The lowest BCUT2D eigenvalue weighted by Crippen LogP contribution is -2.38. The van der Waals surface area contributed by atoms with Crippen molar-refractivity contribution in [3.8, 4) is 5.75 Å². The summed E-state index contributed by atoms with van der Waals surface area (Å²) < 4.78 is 5.06. The predicted molar refractivity (Wildman–Crippen MR) is 68.0 cm³/mol. The standard InChI is InChI=1S/C12H17N3O3/c1-3-15(8-11(13)14-17)12(16)9-5-4-6-10(7-9)18-2/h4-7,17H,3,8H2,1-2H3,(H2,13,14). The minimum Gasteiger partial charge on any atom is -0.497 e. The number of carbonyl (C=O) groups excluding carboxylic acids is 1. The van der Waals surface area contributed by atoms with Crippen LogP contribution in [-0.2, 0) is 0 Å². The number of rotatable bonds is 5. The fourth-order valence-corrected chi connectivity index (χ4v) is 1.49. The molecule has 0 aliphatic heterocycles. The molecule has 0 unspecified atom stereocenters. The zero-order valence-corrected chi connectivity index (χ0v) is 10.5. The summed E-state index contributed by atoms with van der Waals surface area (Å²) >= 11 is 0. The van der Waals surface area contributed by atoms with Crippen molar-refractivity contribution in [1.82, 2.24) is 4.90 Å². The van der Waals surface area contributed by atoms with Crippen LogP contribution in [0, 0.1) is 0 Å². The number of ether oxygens (including phenoxy) is 1. The molecule has 0 spiro atoms. The quantitative estimate of drug-likeness (QED) is 0.352. The molecule has 0 radical (unpaired) electrons. The fourth-order valence-electron chi connectivity index (χ4n) is 1.49. The Morgan fingerprint density at radius 3 is 2.83 bits per heavy atom. The molecule has 0 saturated heterocycles. The lowest BCUT2D eigenvalue weighted by atomic mass is 10.2. The van der Waals surface area contributed by atoms with Gasteiger partial charge in [0.2, 0.25) is 0 Å². The zero-order valence-electron chi connectivity index (χ0n) is 10.5. The van der Waals surface area contributed by atoms with E-state index in [1.165, 1.54) is 12.0 Å². The summed E-state index contributed by atoms with van der Waals surface area (Å²) in [7, 11) is 1.54. The SMILES string of the molecule is CCN(CC(N)=NO)C(=O)c1cccc(OC)c1. The highest BCUT2D eigenvalue weighted by molar-refractivity contribution is 5.97. The van der Waals surface area contributed by atoms with Crippen LogP contribution in [0.25, 0.3) is 0 Å². The number of amidine groups is 1. The molecule has 6 heteroatoms. The highest BCUT2D eigenvalue weighted by Gasteiger charge is 2.15. The van der Waals surface area contributed by atoms with E-state index in [4.69, 9.17) is 15.7 Å². The van der Waals surface area contributed by atoms with Gasteiger partial charge in [-0.25, -0.2) is 0 Å². The second kappa shape index (κ2) is 6.48. The van der Waals surface area contributed by atoms with E-state index in [2.05, 4.69) is 5.16 Å². The maximum atomic E-state index is 12.2. The van der Waals surface area contributed by atoms with E-state index in [9.17, 15) is 4.79 Å². The molecule has 0 fully saturated rings. The van der Waals surface area contributed by atoms with Gasteiger partial charge < -0.3 is 20.6 Å². The van der Waals surface area contributed by atoms with Gasteiger partial charge >= 0.3 is 0 Å². The second-order valence-electron chi connectivity index (χ2n) is 3.64. The van der Waals surface area contributed by atoms with Gasteiger partial charge in [0.15, 0.2) is 5.84 Å². The topological polar surface area (TPSA) is 88.1 Å². The maximum absolute atomic E-state index is 12.2. The van der Waals surface area contributed by atoms with Crippen LogP contribution in [0.15, 0.2) is 29.4 Å². The molecule has 0 bridgehead atoms. The van der Waals surface area contributed by atoms with Crippen LogP contribution in [0.1, 0.15) is 17.3 Å². The Morgan fingerprint density at radius 1 is 1.56 bits per heavy atom. The van der Waals surface area contributed by atoms with E-state index in [0.717, 1.165) is 0 Å². The first-order chi connectivity index (χ1) is 8.62. The molecule has 3 N–H and O–H groups in total. The summed E-state index contributed by atoms with van der Waals surface area (Å²) in [5.74, 6) is 0.414. The van der Waals surface area contributed by atoms with Crippen LogP contribution in [0.5, 0.6) is 5.75 Å². The molecular formula is C12H17N3O3. The van der Waals surface area contributed by atoms with Crippen molar-refractivity contribution in [2.45, 2.75) is 6.92 Å². The van der Waals surface area contributed by atoms with Crippen LogP contribution in [0.3, 0.4) is 0 Å². The number of benzene rings is 1. The fraction of sp³-hybridized carbons (Fsp3) is 0.333. The van der Waals surface area contributed by atoms with E-state index in [1.807, 2.05) is 6.92 Å². The van der Waals surface area contributed by atoms with E-state index in [0.29, 0.717) is 17.9 Å². The van der Waals surface area contributed by atoms with Crippen LogP contribution in [0.2, 0.25) is 0 Å². The van der Waals surface area contributed by atoms with Crippen LogP contribution < -0.4 is 10.5 Å². The van der Waals surface area contributed by atoms with Crippen molar-refractivity contribution in [1.29, 1.82) is 0 Å². The van der Waals surface area contributed by atoms with E-state index < -0.39 is 0 Å². The Hall–Kier alpha value is -2.24. The van der Waals surface area contributed by atoms with Crippen molar-refractivity contribution in [3.05, 3.63) is 29.8 Å². The summed E-state index contributed by atoms with van der Waals surface area (Å²) in [6, 6.07) is 6.84. The largest absolute Gasteiger partial charge is 0.497 e. The summed E-state index contributed by atoms with van der Waals surface area (Å²) in [5.41, 5.74) is 5.90. The summed E-state index contributed by atoms with van der Waals surface area (Å²) in [6.45, 7) is 2.37. The third-order valence-electron chi connectivity index (χ3n) is 2.47. The Balaban J connectivity index is 2.89. The molecule has 0 atom stereocenters. The van der Waals surface area contributed by atoms with Gasteiger partial charge in [-0.05, 0) is 25.1 Å². The minimum atomic E-state index is -0.192. The number of nitrogens with two attached hydrogens (primary N) is 1. The van der Waals surface area contributed by atoms with Gasteiger partial charge in [0.1, 0.15) is 5.75 Å². The number of oxime groups is 1. The molecule has 0 aliphatic rings. The van der Waals surface area contributed by atoms with Crippen LogP contribution in [0.4, 0.5) is 0 Å². The number of amides is 1. The molecule has 1 rings (SSSR count). The lowest BCUT2D eigenvalue weighted by molar-refractivity contribution is 0.0786. The minimum absolute atomic E-state index is 0.00639. The average Bonchev–Trinajstić information content (AvgIpc) is 2.43. The van der Waals surface area contributed by atoms with Gasteiger partial charge in [-0.15, -0.1) is 0 Å². The van der Waals surface area contributed by atoms with Crippen LogP contribution >= 0.6 is 0 Å². The highest BCUT2D eigenvalue weighted by Crippen LogP contribution is 2.14. The normalized spacial score (nSPS) is 11.1. The van der Waals surface area contributed by atoms with Crippen molar-refractivity contribution >= 4 is 11.7 Å². The monoisotopic (exact) mass is 251 g/mol. The van der Waals surface area contributed by atoms with Gasteiger partial charge in [0.25, 0.3) is 5.91 Å². The third kappa shape index (κ3) is 3.38. The molecule has 0 saturated carbocycles. The highest BCUT2D eigenvalue weighted by atomic mass is 16.5.